The molecule has 3 nitrogen and oxygen atoms in total. The third-order valence-corrected chi connectivity index (χ3v) is 3.37. The fraction of sp³-hybridized carbons (Fsp3) is 0.917. The summed E-state index contributed by atoms with van der Waals surface area (Å²) >= 11 is 0. The number of hydrogen-bond donors (Lipinski definition) is 0. The highest BCUT2D eigenvalue weighted by Crippen LogP contribution is 2.24. The van der Waals surface area contributed by atoms with Gasteiger partial charge in [0.1, 0.15) is 5.78 Å². The second-order valence-corrected chi connectivity index (χ2v) is 4.55. The van der Waals surface area contributed by atoms with E-state index in [1.807, 2.05) is 0 Å². The Kier molecular flexibility index (Phi) is 4.15. The zero-order valence-corrected chi connectivity index (χ0v) is 9.24. The van der Waals surface area contributed by atoms with Crippen LogP contribution in [0.5, 0.6) is 0 Å². The van der Waals surface area contributed by atoms with E-state index >= 15 is 0 Å². The summed E-state index contributed by atoms with van der Waals surface area (Å²) in [5.41, 5.74) is 0. The molecule has 2 fully saturated rings. The van der Waals surface area contributed by atoms with E-state index in [4.69, 9.17) is 9.47 Å². The normalized spacial score (nSPS) is 31.3. The highest BCUT2D eigenvalue weighted by Gasteiger charge is 2.24. The number of carbonyl (C=O) groups is 1. The maximum atomic E-state index is 11.3. The summed E-state index contributed by atoms with van der Waals surface area (Å²) in [4.78, 5) is 11.3. The first-order valence-electron chi connectivity index (χ1n) is 6.08. The first kappa shape index (κ1) is 11.1. The molecule has 1 aliphatic heterocycles. The zero-order chi connectivity index (χ0) is 10.5. The molecule has 1 aliphatic carbocycles. The molecule has 2 atom stereocenters. The topological polar surface area (TPSA) is 35.5 Å². The quantitative estimate of drug-likeness (QED) is 0.653. The summed E-state index contributed by atoms with van der Waals surface area (Å²) in [5, 5.41) is 0. The largest absolute Gasteiger partial charge is 0.379 e. The Morgan fingerprint density at radius 1 is 1.33 bits per heavy atom. The molecule has 0 aromatic carbocycles. The van der Waals surface area contributed by atoms with Crippen LogP contribution in [0.15, 0.2) is 0 Å². The van der Waals surface area contributed by atoms with Crippen LogP contribution in [0.1, 0.15) is 38.5 Å². The molecule has 0 N–H and O–H groups in total. The van der Waals surface area contributed by atoms with Gasteiger partial charge in [-0.25, -0.2) is 0 Å². The van der Waals surface area contributed by atoms with Crippen molar-refractivity contribution in [1.82, 2.24) is 0 Å². The molecule has 2 unspecified atom stereocenters. The molecule has 0 radical (unpaired) electrons. The molecule has 1 saturated heterocycles. The Labute approximate surface area is 91.1 Å². The van der Waals surface area contributed by atoms with E-state index in [2.05, 4.69) is 0 Å². The Bertz CT molecular complexity index is 209. The molecule has 0 spiro atoms. The van der Waals surface area contributed by atoms with E-state index in [9.17, 15) is 4.79 Å². The van der Waals surface area contributed by atoms with Crippen molar-refractivity contribution >= 4 is 5.78 Å². The molecule has 0 amide bonds. The van der Waals surface area contributed by atoms with Crippen molar-refractivity contribution in [3.8, 4) is 0 Å². The highest BCUT2D eigenvalue weighted by molar-refractivity contribution is 5.82. The standard InChI is InChI=1S/C12H20O3/c13-12-5-1-3-10(12)6-8-14-9-11-4-2-7-15-11/h10-11H,1-9H2. The number of rotatable bonds is 5. The smallest absolute Gasteiger partial charge is 0.136 e. The van der Waals surface area contributed by atoms with Gasteiger partial charge in [-0.2, -0.15) is 0 Å². The molecule has 1 saturated carbocycles. The van der Waals surface area contributed by atoms with Crippen LogP contribution in [0.25, 0.3) is 0 Å². The van der Waals surface area contributed by atoms with E-state index in [1.165, 1.54) is 0 Å². The number of carbonyl (C=O) groups excluding carboxylic acids is 1. The van der Waals surface area contributed by atoms with Gasteiger partial charge in [-0.05, 0) is 32.1 Å². The third kappa shape index (κ3) is 3.28. The van der Waals surface area contributed by atoms with Gasteiger partial charge in [0.2, 0.25) is 0 Å². The monoisotopic (exact) mass is 212 g/mol. The molecule has 86 valence electrons. The van der Waals surface area contributed by atoms with Crippen molar-refractivity contribution in [2.24, 2.45) is 5.92 Å². The lowest BCUT2D eigenvalue weighted by molar-refractivity contribution is -0.121. The summed E-state index contributed by atoms with van der Waals surface area (Å²) in [6.07, 6.45) is 6.45. The maximum absolute atomic E-state index is 11.3. The first-order valence-corrected chi connectivity index (χ1v) is 6.08. The average molecular weight is 212 g/mol. The van der Waals surface area contributed by atoms with Gasteiger partial charge in [0, 0.05) is 25.6 Å². The lowest BCUT2D eigenvalue weighted by Crippen LogP contribution is -2.16. The predicted octanol–water partition coefficient (Wildman–Crippen LogP) is 1.94. The average Bonchev–Trinajstić information content (AvgIpc) is 2.85. The number of ketones is 1. The van der Waals surface area contributed by atoms with Crippen LogP contribution in [0.3, 0.4) is 0 Å². The Balaban J connectivity index is 1.52. The van der Waals surface area contributed by atoms with E-state index in [1.54, 1.807) is 0 Å². The van der Waals surface area contributed by atoms with Crippen LogP contribution in [0, 0.1) is 5.92 Å². The molecule has 0 aromatic heterocycles. The van der Waals surface area contributed by atoms with Gasteiger partial charge in [0.15, 0.2) is 0 Å². The first-order chi connectivity index (χ1) is 7.36. The summed E-state index contributed by atoms with van der Waals surface area (Å²) < 4.78 is 11.0. The van der Waals surface area contributed by atoms with E-state index < -0.39 is 0 Å². The SMILES string of the molecule is O=C1CCCC1CCOCC1CCCO1. The van der Waals surface area contributed by atoms with Crippen LogP contribution in [0.4, 0.5) is 0 Å². The van der Waals surface area contributed by atoms with Gasteiger partial charge in [-0.1, -0.05) is 0 Å². The van der Waals surface area contributed by atoms with Crippen molar-refractivity contribution in [1.29, 1.82) is 0 Å². The molecule has 2 rings (SSSR count). The molecule has 3 heteroatoms. The summed E-state index contributed by atoms with van der Waals surface area (Å²) in [7, 11) is 0. The summed E-state index contributed by atoms with van der Waals surface area (Å²) in [5.74, 6) is 0.727. The minimum Gasteiger partial charge on any atom is -0.379 e. The molecule has 15 heavy (non-hydrogen) atoms. The van der Waals surface area contributed by atoms with Crippen molar-refractivity contribution < 1.29 is 14.3 Å². The highest BCUT2D eigenvalue weighted by atomic mass is 16.5. The molecule has 1 heterocycles. The van der Waals surface area contributed by atoms with Crippen LogP contribution in [-0.2, 0) is 14.3 Å². The number of hydrogen-bond acceptors (Lipinski definition) is 3. The van der Waals surface area contributed by atoms with Gasteiger partial charge >= 0.3 is 0 Å². The molecular weight excluding hydrogens is 192 g/mol. The van der Waals surface area contributed by atoms with E-state index in [0.29, 0.717) is 18.5 Å². The second-order valence-electron chi connectivity index (χ2n) is 4.55. The van der Waals surface area contributed by atoms with Crippen LogP contribution in [-0.4, -0.2) is 31.7 Å². The van der Waals surface area contributed by atoms with Crippen molar-refractivity contribution in [3.05, 3.63) is 0 Å². The van der Waals surface area contributed by atoms with Crippen molar-refractivity contribution in [3.63, 3.8) is 0 Å². The lowest BCUT2D eigenvalue weighted by Gasteiger charge is -2.11. The van der Waals surface area contributed by atoms with Gasteiger partial charge in [-0.15, -0.1) is 0 Å². The van der Waals surface area contributed by atoms with Crippen LogP contribution in [0.2, 0.25) is 0 Å². The fourth-order valence-electron chi connectivity index (χ4n) is 2.41. The number of Topliss-reactive ketones (excluding diaryl/α,β-unsaturated/α-hetero) is 1. The van der Waals surface area contributed by atoms with E-state index in [-0.39, 0.29) is 5.92 Å². The van der Waals surface area contributed by atoms with Crippen LogP contribution >= 0.6 is 0 Å². The summed E-state index contributed by atoms with van der Waals surface area (Å²) in [6.45, 7) is 2.31. The minimum absolute atomic E-state index is 0.287. The molecular formula is C12H20O3. The minimum atomic E-state index is 0.287. The molecule has 0 bridgehead atoms. The fourth-order valence-corrected chi connectivity index (χ4v) is 2.41. The summed E-state index contributed by atoms with van der Waals surface area (Å²) in [6, 6.07) is 0. The Morgan fingerprint density at radius 3 is 2.93 bits per heavy atom. The second kappa shape index (κ2) is 5.61. The van der Waals surface area contributed by atoms with E-state index in [0.717, 1.165) is 51.7 Å². The van der Waals surface area contributed by atoms with Crippen molar-refractivity contribution in [2.75, 3.05) is 19.8 Å². The maximum Gasteiger partial charge on any atom is 0.136 e. The zero-order valence-electron chi connectivity index (χ0n) is 9.24. The Hall–Kier alpha value is -0.410. The Morgan fingerprint density at radius 2 is 2.27 bits per heavy atom. The van der Waals surface area contributed by atoms with Crippen molar-refractivity contribution in [2.45, 2.75) is 44.6 Å². The predicted molar refractivity (Wildman–Crippen MR) is 56.8 cm³/mol. The van der Waals surface area contributed by atoms with Crippen LogP contribution < -0.4 is 0 Å². The lowest BCUT2D eigenvalue weighted by atomic mass is 10.0. The van der Waals surface area contributed by atoms with Gasteiger partial charge in [0.25, 0.3) is 0 Å². The third-order valence-electron chi connectivity index (χ3n) is 3.37. The van der Waals surface area contributed by atoms with Gasteiger partial charge < -0.3 is 9.47 Å². The molecule has 2 aliphatic rings. The van der Waals surface area contributed by atoms with Gasteiger partial charge in [-0.3, -0.25) is 4.79 Å². The molecule has 0 aromatic rings. The number of ether oxygens (including phenoxy) is 2. The van der Waals surface area contributed by atoms with Gasteiger partial charge in [0.05, 0.1) is 12.7 Å².